The van der Waals surface area contributed by atoms with E-state index in [-0.39, 0.29) is 24.2 Å². The number of cyclic esters (lactones) is 1. The molecule has 11 nitrogen and oxygen atoms in total. The number of amides is 6. The van der Waals surface area contributed by atoms with Gasteiger partial charge in [-0.2, -0.15) is 13.2 Å². The van der Waals surface area contributed by atoms with Crippen molar-refractivity contribution in [2.24, 2.45) is 5.41 Å². The molecule has 0 aliphatic carbocycles. The lowest BCUT2D eigenvalue weighted by molar-refractivity contribution is -0.173. The highest BCUT2D eigenvalue weighted by Gasteiger charge is 2.60. The number of benzene rings is 2. The zero-order valence-corrected chi connectivity index (χ0v) is 21.7. The summed E-state index contributed by atoms with van der Waals surface area (Å²) < 4.78 is 57.7. The van der Waals surface area contributed by atoms with Crippen LogP contribution in [-0.2, 0) is 25.5 Å². The predicted molar refractivity (Wildman–Crippen MR) is 137 cm³/mol. The molecule has 0 aromatic heterocycles. The van der Waals surface area contributed by atoms with Gasteiger partial charge in [-0.05, 0) is 60.7 Å². The molecular weight excluding hydrogens is 566 g/mol. The largest absolute Gasteiger partial charge is 0.471 e. The van der Waals surface area contributed by atoms with Gasteiger partial charge in [0.1, 0.15) is 11.9 Å². The van der Waals surface area contributed by atoms with Crippen molar-refractivity contribution >= 4 is 41.2 Å². The van der Waals surface area contributed by atoms with E-state index >= 15 is 4.39 Å². The molecule has 4 heterocycles. The maximum absolute atomic E-state index is 15.4. The van der Waals surface area contributed by atoms with E-state index in [1.165, 1.54) is 12.1 Å². The van der Waals surface area contributed by atoms with Crippen LogP contribution >= 0.6 is 0 Å². The average Bonchev–Trinajstić information content (AvgIpc) is 3.56. The SMILES string of the molecule is O=C1NC(=O)C2(Cc3cc(-c4ccc(N5C[C@H](CNC(=O)C(F)(F)F)OC5=O)cc4F)ccc3N3CCCC32)C(=O)N1. The van der Waals surface area contributed by atoms with Gasteiger partial charge in [-0.1, -0.05) is 6.07 Å². The van der Waals surface area contributed by atoms with Crippen LogP contribution in [0.2, 0.25) is 0 Å². The first kappa shape index (κ1) is 27.5. The number of hydrogen-bond donors (Lipinski definition) is 3. The van der Waals surface area contributed by atoms with Crippen molar-refractivity contribution in [2.45, 2.75) is 37.6 Å². The molecule has 2 aromatic rings. The van der Waals surface area contributed by atoms with Gasteiger partial charge in [0, 0.05) is 17.8 Å². The highest BCUT2D eigenvalue weighted by atomic mass is 19.4. The summed E-state index contributed by atoms with van der Waals surface area (Å²) in [5.74, 6) is -4.22. The van der Waals surface area contributed by atoms with E-state index in [1.807, 2.05) is 4.90 Å². The van der Waals surface area contributed by atoms with E-state index in [2.05, 4.69) is 10.6 Å². The summed E-state index contributed by atoms with van der Waals surface area (Å²) in [7, 11) is 0. The summed E-state index contributed by atoms with van der Waals surface area (Å²) in [6.07, 6.45) is -5.72. The van der Waals surface area contributed by atoms with Crippen LogP contribution in [-0.4, -0.2) is 67.8 Å². The Hall–Kier alpha value is -4.69. The fourth-order valence-electron chi connectivity index (χ4n) is 6.24. The first-order chi connectivity index (χ1) is 19.9. The Morgan fingerprint density at radius 1 is 1.07 bits per heavy atom. The van der Waals surface area contributed by atoms with Gasteiger partial charge in [-0.25, -0.2) is 14.0 Å². The number of nitrogens with one attached hydrogen (secondary N) is 3. The lowest BCUT2D eigenvalue weighted by atomic mass is 9.68. The van der Waals surface area contributed by atoms with E-state index < -0.39 is 65.9 Å². The molecule has 1 spiro atoms. The van der Waals surface area contributed by atoms with E-state index in [0.29, 0.717) is 24.1 Å². The van der Waals surface area contributed by atoms with Gasteiger partial charge in [0.15, 0.2) is 5.41 Å². The monoisotopic (exact) mass is 589 g/mol. The minimum absolute atomic E-state index is 0.00781. The van der Waals surface area contributed by atoms with E-state index in [9.17, 15) is 37.1 Å². The molecule has 6 amide bonds. The lowest BCUT2D eigenvalue weighted by Crippen LogP contribution is -2.70. The number of rotatable bonds is 4. The van der Waals surface area contributed by atoms with Gasteiger partial charge in [-0.15, -0.1) is 0 Å². The zero-order valence-electron chi connectivity index (χ0n) is 21.7. The number of urea groups is 1. The van der Waals surface area contributed by atoms with Crippen LogP contribution in [0.25, 0.3) is 11.1 Å². The fraction of sp³-hybridized carbons (Fsp3) is 0.370. The van der Waals surface area contributed by atoms with Crippen molar-refractivity contribution in [1.82, 2.24) is 16.0 Å². The standard InChI is InChI=1S/C27H23F4N5O6/c28-18-9-15(36-12-16(42-25(36)41)11-32-23(39)27(29,30)31)4-5-17(18)13-3-6-19-14(8-13)10-26(20-2-1-7-35(19)20)21(37)33-24(40)34-22(26)38/h3-6,8-9,16,20H,1-2,7,10-12H2,(H,32,39)(H2,33,34,37,38,40)/t16-,20?/m0/s1. The summed E-state index contributed by atoms with van der Waals surface area (Å²) >= 11 is 0. The lowest BCUT2D eigenvalue weighted by Gasteiger charge is -2.47. The second-order valence-electron chi connectivity index (χ2n) is 10.6. The van der Waals surface area contributed by atoms with Crippen LogP contribution in [0, 0.1) is 11.2 Å². The molecule has 220 valence electrons. The molecule has 3 saturated heterocycles. The van der Waals surface area contributed by atoms with Crippen molar-refractivity contribution in [3.63, 3.8) is 0 Å². The molecule has 0 saturated carbocycles. The Morgan fingerprint density at radius 2 is 1.81 bits per heavy atom. The number of hydrogen-bond acceptors (Lipinski definition) is 7. The van der Waals surface area contributed by atoms with E-state index in [0.717, 1.165) is 23.1 Å². The maximum Gasteiger partial charge on any atom is 0.471 e. The van der Waals surface area contributed by atoms with E-state index in [4.69, 9.17) is 4.74 Å². The zero-order chi connectivity index (χ0) is 30.0. The van der Waals surface area contributed by atoms with Crippen molar-refractivity contribution in [3.05, 3.63) is 47.8 Å². The van der Waals surface area contributed by atoms with Gasteiger partial charge in [-0.3, -0.25) is 29.9 Å². The molecule has 3 fully saturated rings. The minimum atomic E-state index is -5.08. The molecule has 2 aromatic carbocycles. The molecule has 4 aliphatic heterocycles. The molecule has 0 bridgehead atoms. The highest BCUT2D eigenvalue weighted by Crippen LogP contribution is 2.48. The van der Waals surface area contributed by atoms with Crippen LogP contribution in [0.5, 0.6) is 0 Å². The quantitative estimate of drug-likeness (QED) is 0.368. The molecular formula is C27H23F4N5O6. The van der Waals surface area contributed by atoms with Crippen LogP contribution in [0.4, 0.5) is 38.5 Å². The van der Waals surface area contributed by atoms with Crippen LogP contribution in [0.15, 0.2) is 36.4 Å². The van der Waals surface area contributed by atoms with Crippen molar-refractivity contribution < 1.29 is 46.3 Å². The molecule has 0 radical (unpaired) electrons. The number of halogens is 4. The molecule has 1 unspecified atom stereocenters. The summed E-state index contributed by atoms with van der Waals surface area (Å²) in [5, 5.41) is 6.09. The number of ether oxygens (including phenoxy) is 1. The predicted octanol–water partition coefficient (Wildman–Crippen LogP) is 2.37. The maximum atomic E-state index is 15.4. The summed E-state index contributed by atoms with van der Waals surface area (Å²) in [5.41, 5.74) is 0.613. The number of fused-ring (bicyclic) bond motifs is 4. The Kier molecular flexibility index (Phi) is 6.35. The number of carbonyl (C=O) groups is 5. The van der Waals surface area contributed by atoms with Gasteiger partial charge in [0.05, 0.1) is 24.8 Å². The number of barbiturate groups is 1. The van der Waals surface area contributed by atoms with Crippen LogP contribution < -0.4 is 25.8 Å². The molecule has 42 heavy (non-hydrogen) atoms. The van der Waals surface area contributed by atoms with Crippen LogP contribution in [0.3, 0.4) is 0 Å². The van der Waals surface area contributed by atoms with Crippen LogP contribution in [0.1, 0.15) is 18.4 Å². The van der Waals surface area contributed by atoms with Gasteiger partial charge >= 0.3 is 24.2 Å². The average molecular weight is 590 g/mol. The third-order valence-corrected chi connectivity index (χ3v) is 8.14. The molecule has 15 heteroatoms. The number of anilines is 2. The third kappa shape index (κ3) is 4.39. The number of alkyl halides is 3. The van der Waals surface area contributed by atoms with Gasteiger partial charge in [0.25, 0.3) is 0 Å². The number of imide groups is 2. The second-order valence-corrected chi connectivity index (χ2v) is 10.6. The molecule has 4 aliphatic rings. The fourth-order valence-corrected chi connectivity index (χ4v) is 6.24. The minimum Gasteiger partial charge on any atom is -0.442 e. The molecule has 6 rings (SSSR count). The van der Waals surface area contributed by atoms with Crippen molar-refractivity contribution in [3.8, 4) is 11.1 Å². The van der Waals surface area contributed by atoms with Crippen molar-refractivity contribution in [2.75, 3.05) is 29.4 Å². The Bertz CT molecular complexity index is 1530. The van der Waals surface area contributed by atoms with E-state index in [1.54, 1.807) is 23.5 Å². The highest BCUT2D eigenvalue weighted by molar-refractivity contribution is 6.20. The smallest absolute Gasteiger partial charge is 0.442 e. The number of carbonyl (C=O) groups excluding carboxylic acids is 5. The number of nitrogens with zero attached hydrogens (tertiary/aromatic N) is 2. The topological polar surface area (TPSA) is 137 Å². The summed E-state index contributed by atoms with van der Waals surface area (Å²) in [6, 6.07) is 7.83. The molecule has 3 N–H and O–H groups in total. The first-order valence-electron chi connectivity index (χ1n) is 13.1. The Labute approximate surface area is 235 Å². The van der Waals surface area contributed by atoms with Gasteiger partial charge in [0.2, 0.25) is 11.8 Å². The molecule has 2 atom stereocenters. The van der Waals surface area contributed by atoms with Crippen molar-refractivity contribution in [1.29, 1.82) is 0 Å². The third-order valence-electron chi connectivity index (χ3n) is 8.14. The summed E-state index contributed by atoms with van der Waals surface area (Å²) in [4.78, 5) is 64.4. The Morgan fingerprint density at radius 3 is 2.50 bits per heavy atom. The Balaban J connectivity index is 1.24. The first-order valence-corrected chi connectivity index (χ1v) is 13.1. The van der Waals surface area contributed by atoms with Gasteiger partial charge < -0.3 is 15.0 Å². The summed E-state index contributed by atoms with van der Waals surface area (Å²) in [6.45, 7) is -0.177. The second kappa shape index (κ2) is 9.70. The normalized spacial score (nSPS) is 22.9.